The summed E-state index contributed by atoms with van der Waals surface area (Å²) >= 11 is 0. The maximum atomic E-state index is 13.4. The van der Waals surface area contributed by atoms with Gasteiger partial charge in [-0.2, -0.15) is 0 Å². The Kier molecular flexibility index (Phi) is 40.7. The second-order valence-electron chi connectivity index (χ2n) is 21.8. The molecular formula is C56H106N8O15. The third-order valence-corrected chi connectivity index (χ3v) is 13.1. The number of amides is 5. The van der Waals surface area contributed by atoms with Gasteiger partial charge in [0.25, 0.3) is 0 Å². The fraction of sp³-hybridized carbons (Fsp3) is 0.786. The molecule has 460 valence electrons. The smallest absolute Gasteiger partial charge is 0.303 e. The third kappa shape index (κ3) is 38.9. The van der Waals surface area contributed by atoms with Gasteiger partial charge in [-0.05, 0) is 39.5 Å². The predicted molar refractivity (Wildman–Crippen MR) is 305 cm³/mol. The van der Waals surface area contributed by atoms with Crippen LogP contribution < -0.4 is 32.7 Å². The van der Waals surface area contributed by atoms with E-state index in [1.54, 1.807) is 47.7 Å². The van der Waals surface area contributed by atoms with Gasteiger partial charge in [0.2, 0.25) is 29.5 Å². The fourth-order valence-electron chi connectivity index (χ4n) is 7.97. The number of carboxylic acids is 1. The zero-order valence-corrected chi connectivity index (χ0v) is 48.7. The number of nitrogens with one attached hydrogen (secondary N) is 5. The van der Waals surface area contributed by atoms with Gasteiger partial charge in [-0.25, -0.2) is 4.98 Å². The van der Waals surface area contributed by atoms with Crippen LogP contribution in [0.25, 0.3) is 0 Å². The molecular weight excluding hydrogens is 1020 g/mol. The SMILES string of the molecule is COCC(=O)NCCCC[C@H](CC(=O)C(C)(C)CC(=O)C(C)(C)CC(=O)C(C)(C)NC(=O)[C@@H](N)Cc1cnc[nH]1)C(N)=O.O=C(O)CCCCCCCCCCCCCCC(=O)NCCOCCOCC(=O)NCCOCCO.[HH].[HH].[HH]. The highest BCUT2D eigenvalue weighted by Gasteiger charge is 2.41. The number of methoxy groups -OCH3 is 1. The van der Waals surface area contributed by atoms with Crippen molar-refractivity contribution in [2.45, 2.75) is 188 Å². The minimum atomic E-state index is -1.28. The molecule has 11 N–H and O–H groups in total. The van der Waals surface area contributed by atoms with Gasteiger partial charge in [0.05, 0.1) is 57.5 Å². The third-order valence-electron chi connectivity index (χ3n) is 13.1. The topological polar surface area (TPSA) is 360 Å². The molecule has 0 unspecified atom stereocenters. The van der Waals surface area contributed by atoms with E-state index in [0.717, 1.165) is 32.1 Å². The first-order valence-corrected chi connectivity index (χ1v) is 28.2. The van der Waals surface area contributed by atoms with E-state index < -0.39 is 46.1 Å². The molecule has 1 aromatic rings. The lowest BCUT2D eigenvalue weighted by atomic mass is 9.71. The second-order valence-corrected chi connectivity index (χ2v) is 21.8. The number of aliphatic hydroxyl groups excluding tert-OH is 1. The summed E-state index contributed by atoms with van der Waals surface area (Å²) in [5.41, 5.74) is 8.74. The van der Waals surface area contributed by atoms with Crippen molar-refractivity contribution in [2.24, 2.45) is 28.2 Å². The van der Waals surface area contributed by atoms with Crippen molar-refractivity contribution in [1.29, 1.82) is 0 Å². The number of hydrogen-bond acceptors (Lipinski definition) is 16. The van der Waals surface area contributed by atoms with E-state index in [2.05, 4.69) is 31.2 Å². The van der Waals surface area contributed by atoms with Crippen LogP contribution in [0.4, 0.5) is 0 Å². The molecule has 0 aliphatic rings. The van der Waals surface area contributed by atoms with Crippen molar-refractivity contribution in [2.75, 3.05) is 79.6 Å². The molecule has 0 radical (unpaired) electrons. The van der Waals surface area contributed by atoms with Crippen LogP contribution in [0.5, 0.6) is 0 Å². The van der Waals surface area contributed by atoms with Crippen molar-refractivity contribution < 1.29 is 76.6 Å². The molecule has 0 aliphatic carbocycles. The molecule has 5 amide bonds. The first-order chi connectivity index (χ1) is 37.4. The van der Waals surface area contributed by atoms with Gasteiger partial charge in [-0.3, -0.25) is 43.2 Å². The van der Waals surface area contributed by atoms with Gasteiger partial charge in [0.15, 0.2) is 5.78 Å². The number of ether oxygens (including phenoxy) is 4. The number of carbonyl (C=O) groups excluding carboxylic acids is 8. The van der Waals surface area contributed by atoms with Crippen LogP contribution in [-0.2, 0) is 68.5 Å². The van der Waals surface area contributed by atoms with E-state index in [-0.39, 0.29) is 91.5 Å². The summed E-state index contributed by atoms with van der Waals surface area (Å²) < 4.78 is 20.4. The molecule has 23 heteroatoms. The summed E-state index contributed by atoms with van der Waals surface area (Å²) in [6.07, 6.45) is 18.8. The second kappa shape index (κ2) is 43.6. The number of aliphatic hydroxyl groups is 1. The number of rotatable bonds is 49. The molecule has 1 aromatic heterocycles. The molecule has 0 fully saturated rings. The van der Waals surface area contributed by atoms with Crippen LogP contribution in [0, 0.1) is 16.7 Å². The minimum Gasteiger partial charge on any atom is -0.481 e. The van der Waals surface area contributed by atoms with E-state index in [4.69, 9.17) is 40.6 Å². The van der Waals surface area contributed by atoms with Crippen LogP contribution in [0.15, 0.2) is 12.5 Å². The van der Waals surface area contributed by atoms with Crippen LogP contribution in [-0.4, -0.2) is 164 Å². The molecule has 1 heterocycles. The number of carbonyl (C=O) groups is 9. The van der Waals surface area contributed by atoms with E-state index >= 15 is 0 Å². The molecule has 1 rings (SSSR count). The Morgan fingerprint density at radius 3 is 1.68 bits per heavy atom. The lowest BCUT2D eigenvalue weighted by molar-refractivity contribution is -0.140. The summed E-state index contributed by atoms with van der Waals surface area (Å²) in [5, 5.41) is 28.0. The number of ketones is 3. The van der Waals surface area contributed by atoms with Crippen molar-refractivity contribution in [3.63, 3.8) is 0 Å². The van der Waals surface area contributed by atoms with Gasteiger partial charge in [0.1, 0.15) is 24.8 Å². The van der Waals surface area contributed by atoms with E-state index in [1.807, 2.05) is 0 Å². The maximum Gasteiger partial charge on any atom is 0.303 e. The number of hydrogen-bond donors (Lipinski definition) is 9. The monoisotopic (exact) mass is 1130 g/mol. The summed E-state index contributed by atoms with van der Waals surface area (Å²) in [6.45, 7) is 12.5. The Bertz CT molecular complexity index is 1930. The predicted octanol–water partition coefficient (Wildman–Crippen LogP) is 4.68. The number of Topliss-reactive ketones (excluding diaryl/α,β-unsaturated/α-hetero) is 3. The Hall–Kier alpha value is -5.20. The molecule has 0 saturated heterocycles. The molecule has 79 heavy (non-hydrogen) atoms. The van der Waals surface area contributed by atoms with Crippen LogP contribution in [0.3, 0.4) is 0 Å². The molecule has 0 aromatic carbocycles. The highest BCUT2D eigenvalue weighted by molar-refractivity contribution is 5.99. The zero-order chi connectivity index (χ0) is 59.5. The lowest BCUT2D eigenvalue weighted by Crippen LogP contribution is -2.56. The number of primary amides is 1. The number of H-pyrrole nitrogens is 1. The standard InChI is InChI=1S/C30H50N6O7.C26H50N2O8.3H2/c1-28(2,22(37)12-19(26(32)41)10-8-9-11-34-25(40)17-43-7)14-23(38)29(3,4)15-24(39)30(5,6)36-27(42)21(31)13-20-16-33-18-35-20;29-17-20-34-18-16-28-25(31)23-36-22-21-35-19-15-27-24(30)13-11-9-7-5-3-1-2-4-6-8-10-12-14-26(32)33;;;/h16,18-19,21H,8-15,17,31H2,1-7H3,(H2,32,41)(H,33,35)(H,34,40)(H,36,42);29H,1-23H2,(H,27,30)(H,28,31)(H,32,33);3*1H/t19-,21+;;;;/m1..../s1. The Morgan fingerprint density at radius 2 is 1.14 bits per heavy atom. The van der Waals surface area contributed by atoms with Gasteiger partial charge in [0, 0.05) is 98.2 Å². The van der Waals surface area contributed by atoms with Crippen molar-refractivity contribution in [3.05, 3.63) is 18.2 Å². The van der Waals surface area contributed by atoms with Crippen molar-refractivity contribution in [1.82, 2.24) is 31.2 Å². The highest BCUT2D eigenvalue weighted by Crippen LogP contribution is 2.34. The average Bonchev–Trinajstić information content (AvgIpc) is 3.89. The summed E-state index contributed by atoms with van der Waals surface area (Å²) in [7, 11) is 1.43. The van der Waals surface area contributed by atoms with Crippen LogP contribution in [0.2, 0.25) is 0 Å². The number of aromatic nitrogens is 2. The number of nitrogens with two attached hydrogens (primary N) is 2. The maximum absolute atomic E-state index is 13.4. The summed E-state index contributed by atoms with van der Waals surface area (Å²) in [5.74, 6) is -3.84. The van der Waals surface area contributed by atoms with Gasteiger partial charge in [-0.15, -0.1) is 0 Å². The lowest BCUT2D eigenvalue weighted by Gasteiger charge is -2.33. The van der Waals surface area contributed by atoms with Crippen molar-refractivity contribution >= 4 is 52.9 Å². The Morgan fingerprint density at radius 1 is 0.633 bits per heavy atom. The fourth-order valence-corrected chi connectivity index (χ4v) is 7.97. The molecule has 0 aliphatic heterocycles. The summed E-state index contributed by atoms with van der Waals surface area (Å²) in [4.78, 5) is 117. The van der Waals surface area contributed by atoms with E-state index in [1.165, 1.54) is 58.4 Å². The highest BCUT2D eigenvalue weighted by atomic mass is 16.5. The normalized spacial score (nSPS) is 12.4. The van der Waals surface area contributed by atoms with Crippen LogP contribution in [0.1, 0.15) is 180 Å². The molecule has 23 nitrogen and oxygen atoms in total. The van der Waals surface area contributed by atoms with Gasteiger partial charge in [-0.1, -0.05) is 98.3 Å². The number of nitrogens with zero attached hydrogens (tertiary/aromatic N) is 1. The number of aromatic amines is 1. The molecule has 2 atom stereocenters. The summed E-state index contributed by atoms with van der Waals surface area (Å²) in [6, 6.07) is -0.903. The molecule has 0 saturated carbocycles. The quantitative estimate of drug-likeness (QED) is 0.0400. The minimum absolute atomic E-state index is 0. The largest absolute Gasteiger partial charge is 0.481 e. The zero-order valence-electron chi connectivity index (χ0n) is 48.7. The average molecular weight is 1130 g/mol. The molecule has 0 spiro atoms. The van der Waals surface area contributed by atoms with E-state index in [0.29, 0.717) is 83.9 Å². The number of carboxylic acid groups (broad SMARTS) is 1. The van der Waals surface area contributed by atoms with E-state index in [9.17, 15) is 43.2 Å². The van der Waals surface area contributed by atoms with Gasteiger partial charge >= 0.3 is 5.97 Å². The first-order valence-electron chi connectivity index (χ1n) is 28.2. The number of aliphatic carboxylic acids is 1. The Balaban J connectivity index is -0.000000727. The van der Waals surface area contributed by atoms with Crippen LogP contribution >= 0.6 is 0 Å². The van der Waals surface area contributed by atoms with Crippen molar-refractivity contribution in [3.8, 4) is 0 Å². The first kappa shape index (κ1) is 73.8. The number of unbranched alkanes of at least 4 members (excludes halogenated alkanes) is 12. The van der Waals surface area contributed by atoms with Gasteiger partial charge < -0.3 is 66.9 Å². The number of imidazole rings is 1. The Labute approximate surface area is 473 Å². The molecule has 0 bridgehead atoms.